The summed E-state index contributed by atoms with van der Waals surface area (Å²) in [4.78, 5) is 13.9. The van der Waals surface area contributed by atoms with Crippen LogP contribution in [0, 0.1) is 23.7 Å². The standard InChI is InChI=1S/C16H23NO/c1-2-17(16(18)13-8-9-13)11-14-10-15(14)12-6-4-3-5-7-12/h2-4,12-15H,1,5-11H2/t12?,14-,15?/m1/s1. The number of allylic oxidation sites excluding steroid dienone is 2. The van der Waals surface area contributed by atoms with Gasteiger partial charge in [0.05, 0.1) is 0 Å². The minimum absolute atomic E-state index is 0.317. The van der Waals surface area contributed by atoms with Crippen LogP contribution in [0.1, 0.15) is 38.5 Å². The van der Waals surface area contributed by atoms with E-state index in [2.05, 4.69) is 18.7 Å². The molecule has 2 fully saturated rings. The molecule has 3 aliphatic rings. The Labute approximate surface area is 110 Å². The highest BCUT2D eigenvalue weighted by atomic mass is 16.2. The molecule has 0 spiro atoms. The van der Waals surface area contributed by atoms with Crippen LogP contribution in [0.5, 0.6) is 0 Å². The topological polar surface area (TPSA) is 20.3 Å². The molecule has 0 aromatic rings. The van der Waals surface area contributed by atoms with Gasteiger partial charge in [0, 0.05) is 12.5 Å². The van der Waals surface area contributed by atoms with Gasteiger partial charge in [0.15, 0.2) is 0 Å². The summed E-state index contributed by atoms with van der Waals surface area (Å²) in [6.07, 6.45) is 13.7. The predicted octanol–water partition coefficient (Wildman–Crippen LogP) is 3.36. The third kappa shape index (κ3) is 2.52. The first-order valence-corrected chi connectivity index (χ1v) is 7.37. The molecule has 3 atom stereocenters. The predicted molar refractivity (Wildman–Crippen MR) is 72.7 cm³/mol. The highest BCUT2D eigenvalue weighted by Gasteiger charge is 2.44. The molecular formula is C16H23NO. The van der Waals surface area contributed by atoms with E-state index in [0.29, 0.717) is 11.8 Å². The number of rotatable bonds is 5. The first-order valence-electron chi connectivity index (χ1n) is 7.37. The molecule has 0 aromatic heterocycles. The number of carbonyl (C=O) groups is 1. The Morgan fingerprint density at radius 3 is 2.78 bits per heavy atom. The van der Waals surface area contributed by atoms with Crippen molar-refractivity contribution in [2.24, 2.45) is 23.7 Å². The van der Waals surface area contributed by atoms with Gasteiger partial charge in [-0.2, -0.15) is 0 Å². The first kappa shape index (κ1) is 12.0. The quantitative estimate of drug-likeness (QED) is 0.680. The summed E-state index contributed by atoms with van der Waals surface area (Å²) in [6, 6.07) is 0. The van der Waals surface area contributed by atoms with Crippen LogP contribution in [-0.2, 0) is 4.79 Å². The monoisotopic (exact) mass is 245 g/mol. The van der Waals surface area contributed by atoms with Crippen molar-refractivity contribution in [2.75, 3.05) is 6.54 Å². The Kier molecular flexibility index (Phi) is 3.27. The number of nitrogens with zero attached hydrogens (tertiary/aromatic N) is 1. The van der Waals surface area contributed by atoms with Crippen molar-refractivity contribution in [3.63, 3.8) is 0 Å². The Morgan fingerprint density at radius 2 is 2.17 bits per heavy atom. The Hall–Kier alpha value is -1.05. The maximum Gasteiger partial charge on any atom is 0.229 e. The van der Waals surface area contributed by atoms with Crippen LogP contribution < -0.4 is 0 Å². The molecule has 18 heavy (non-hydrogen) atoms. The van der Waals surface area contributed by atoms with Gasteiger partial charge in [0.1, 0.15) is 0 Å². The van der Waals surface area contributed by atoms with E-state index in [1.807, 2.05) is 4.90 Å². The molecule has 0 radical (unpaired) electrons. The fourth-order valence-corrected chi connectivity index (χ4v) is 3.34. The van der Waals surface area contributed by atoms with Crippen LogP contribution in [-0.4, -0.2) is 17.4 Å². The van der Waals surface area contributed by atoms with Crippen LogP contribution in [0.3, 0.4) is 0 Å². The zero-order valence-electron chi connectivity index (χ0n) is 11.1. The molecule has 3 rings (SSSR count). The van der Waals surface area contributed by atoms with Crippen LogP contribution in [0.2, 0.25) is 0 Å². The van der Waals surface area contributed by atoms with E-state index in [0.717, 1.165) is 37.1 Å². The van der Waals surface area contributed by atoms with Crippen molar-refractivity contribution >= 4 is 5.91 Å². The molecule has 98 valence electrons. The van der Waals surface area contributed by atoms with E-state index in [-0.39, 0.29) is 0 Å². The SMILES string of the molecule is C=CN(C[C@H]1CC1C1CC=CCC1)C(=O)C1CC1. The Morgan fingerprint density at radius 1 is 1.33 bits per heavy atom. The minimum Gasteiger partial charge on any atom is -0.319 e. The van der Waals surface area contributed by atoms with Gasteiger partial charge in [0.25, 0.3) is 0 Å². The molecule has 2 nitrogen and oxygen atoms in total. The van der Waals surface area contributed by atoms with Crippen LogP contribution >= 0.6 is 0 Å². The van der Waals surface area contributed by atoms with E-state index < -0.39 is 0 Å². The number of carbonyl (C=O) groups excluding carboxylic acids is 1. The van der Waals surface area contributed by atoms with E-state index in [1.54, 1.807) is 6.20 Å². The summed E-state index contributed by atoms with van der Waals surface area (Å²) in [7, 11) is 0. The zero-order valence-corrected chi connectivity index (χ0v) is 11.1. The largest absolute Gasteiger partial charge is 0.319 e. The normalized spacial score (nSPS) is 34.1. The average molecular weight is 245 g/mol. The molecule has 0 bridgehead atoms. The smallest absolute Gasteiger partial charge is 0.229 e. The molecule has 3 aliphatic carbocycles. The summed E-state index contributed by atoms with van der Waals surface area (Å²) in [5, 5.41) is 0. The summed E-state index contributed by atoms with van der Waals surface area (Å²) in [5.41, 5.74) is 0. The molecule has 2 heteroatoms. The fourth-order valence-electron chi connectivity index (χ4n) is 3.34. The van der Waals surface area contributed by atoms with Crippen LogP contribution in [0.25, 0.3) is 0 Å². The maximum atomic E-state index is 12.0. The summed E-state index contributed by atoms with van der Waals surface area (Å²) in [5.74, 6) is 3.12. The van der Waals surface area contributed by atoms with Gasteiger partial charge in [-0.05, 0) is 62.5 Å². The lowest BCUT2D eigenvalue weighted by molar-refractivity contribution is -0.130. The minimum atomic E-state index is 0.317. The van der Waals surface area contributed by atoms with Crippen molar-refractivity contribution in [1.29, 1.82) is 0 Å². The molecule has 0 aromatic carbocycles. The van der Waals surface area contributed by atoms with Crippen molar-refractivity contribution in [2.45, 2.75) is 38.5 Å². The first-order chi connectivity index (χ1) is 8.79. The second kappa shape index (κ2) is 4.91. The Bertz CT molecular complexity index is 369. The van der Waals surface area contributed by atoms with Crippen molar-refractivity contribution in [3.05, 3.63) is 24.9 Å². The highest BCUT2D eigenvalue weighted by Crippen LogP contribution is 2.49. The lowest BCUT2D eigenvalue weighted by Crippen LogP contribution is -2.29. The molecule has 0 N–H and O–H groups in total. The summed E-state index contributed by atoms with van der Waals surface area (Å²) in [6.45, 7) is 4.72. The van der Waals surface area contributed by atoms with Gasteiger partial charge < -0.3 is 4.90 Å². The molecular weight excluding hydrogens is 222 g/mol. The zero-order chi connectivity index (χ0) is 12.5. The van der Waals surface area contributed by atoms with Gasteiger partial charge in [-0.15, -0.1) is 0 Å². The van der Waals surface area contributed by atoms with Crippen LogP contribution in [0.4, 0.5) is 0 Å². The third-order valence-electron chi connectivity index (χ3n) is 4.75. The van der Waals surface area contributed by atoms with Crippen molar-refractivity contribution in [3.8, 4) is 0 Å². The Balaban J connectivity index is 1.49. The molecule has 1 amide bonds. The second-order valence-corrected chi connectivity index (χ2v) is 6.15. The van der Waals surface area contributed by atoms with Crippen molar-refractivity contribution < 1.29 is 4.79 Å². The summed E-state index contributed by atoms with van der Waals surface area (Å²) >= 11 is 0. The van der Waals surface area contributed by atoms with Crippen molar-refractivity contribution in [1.82, 2.24) is 4.90 Å². The van der Waals surface area contributed by atoms with Gasteiger partial charge in [-0.25, -0.2) is 0 Å². The number of hydrogen-bond donors (Lipinski definition) is 0. The van der Waals surface area contributed by atoms with Gasteiger partial charge in [0.2, 0.25) is 5.91 Å². The maximum absolute atomic E-state index is 12.0. The number of hydrogen-bond acceptors (Lipinski definition) is 1. The lowest BCUT2D eigenvalue weighted by Gasteiger charge is -2.21. The third-order valence-corrected chi connectivity index (χ3v) is 4.75. The molecule has 2 unspecified atom stereocenters. The second-order valence-electron chi connectivity index (χ2n) is 6.15. The highest BCUT2D eigenvalue weighted by molar-refractivity contribution is 5.81. The number of amides is 1. The lowest BCUT2D eigenvalue weighted by atomic mass is 9.89. The van der Waals surface area contributed by atoms with Crippen LogP contribution in [0.15, 0.2) is 24.9 Å². The average Bonchev–Trinajstić information content (AvgIpc) is 3.29. The van der Waals surface area contributed by atoms with E-state index >= 15 is 0 Å². The molecule has 0 saturated heterocycles. The van der Waals surface area contributed by atoms with Gasteiger partial charge in [-0.3, -0.25) is 4.79 Å². The van der Waals surface area contributed by atoms with E-state index in [4.69, 9.17) is 0 Å². The molecule has 0 heterocycles. The van der Waals surface area contributed by atoms with E-state index in [1.165, 1.54) is 25.7 Å². The fraction of sp³-hybridized carbons (Fsp3) is 0.688. The van der Waals surface area contributed by atoms with Gasteiger partial charge >= 0.3 is 0 Å². The van der Waals surface area contributed by atoms with Gasteiger partial charge in [-0.1, -0.05) is 18.7 Å². The molecule has 0 aliphatic heterocycles. The molecule has 2 saturated carbocycles. The summed E-state index contributed by atoms with van der Waals surface area (Å²) < 4.78 is 0. The van der Waals surface area contributed by atoms with E-state index in [9.17, 15) is 4.79 Å².